The van der Waals surface area contributed by atoms with Gasteiger partial charge in [-0.15, -0.1) is 11.3 Å². The van der Waals surface area contributed by atoms with Crippen molar-refractivity contribution in [1.29, 1.82) is 5.26 Å². The molecule has 8 nitrogen and oxygen atoms in total. The van der Waals surface area contributed by atoms with Gasteiger partial charge in [-0.1, -0.05) is 18.2 Å². The topological polar surface area (TPSA) is 117 Å². The highest BCUT2D eigenvalue weighted by molar-refractivity contribution is 7.11. The van der Waals surface area contributed by atoms with Crippen molar-refractivity contribution in [2.24, 2.45) is 4.99 Å². The number of hydrogen-bond acceptors (Lipinski definition) is 6. The van der Waals surface area contributed by atoms with Gasteiger partial charge in [0.1, 0.15) is 17.5 Å². The van der Waals surface area contributed by atoms with Gasteiger partial charge in [-0.3, -0.25) is 4.99 Å². The summed E-state index contributed by atoms with van der Waals surface area (Å²) >= 11 is 1.69. The molecule has 0 fully saturated rings. The Morgan fingerprint density at radius 2 is 2.03 bits per heavy atom. The van der Waals surface area contributed by atoms with E-state index in [2.05, 4.69) is 31.8 Å². The number of rotatable bonds is 7. The number of nitrogens with zero attached hydrogens (tertiary/aromatic N) is 5. The van der Waals surface area contributed by atoms with Crippen molar-refractivity contribution in [2.45, 2.75) is 33.2 Å². The number of guanidine groups is 1. The van der Waals surface area contributed by atoms with Gasteiger partial charge in [0.25, 0.3) is 0 Å². The fourth-order valence-corrected chi connectivity index (χ4v) is 4.00. The first-order valence-electron chi connectivity index (χ1n) is 9.73. The molecule has 156 valence electrons. The highest BCUT2D eigenvalue weighted by Gasteiger charge is 2.16. The van der Waals surface area contributed by atoms with Gasteiger partial charge in [-0.05, 0) is 38.8 Å². The minimum absolute atomic E-state index is 0.374. The lowest BCUT2D eigenvalue weighted by atomic mass is 10.1. The van der Waals surface area contributed by atoms with Crippen LogP contribution in [0.4, 0.5) is 5.82 Å². The van der Waals surface area contributed by atoms with Crippen LogP contribution in [0, 0.1) is 25.2 Å². The molecule has 0 saturated carbocycles. The normalized spacial score (nSPS) is 11.3. The van der Waals surface area contributed by atoms with E-state index in [1.165, 1.54) is 4.88 Å². The fourth-order valence-electron chi connectivity index (χ4n) is 3.13. The number of aromatic nitrogens is 3. The van der Waals surface area contributed by atoms with Crippen LogP contribution in [-0.2, 0) is 13.0 Å². The largest absolute Gasteiger partial charge is 0.382 e. The summed E-state index contributed by atoms with van der Waals surface area (Å²) in [5.41, 5.74) is 9.20. The number of nitrogens with two attached hydrogens (primary N) is 1. The highest BCUT2D eigenvalue weighted by Crippen LogP contribution is 2.21. The number of aliphatic imine (C=N–C) groups is 1. The van der Waals surface area contributed by atoms with Crippen molar-refractivity contribution >= 4 is 23.1 Å². The third-order valence-electron chi connectivity index (χ3n) is 4.63. The molecule has 30 heavy (non-hydrogen) atoms. The Hall–Kier alpha value is -3.38. The zero-order valence-corrected chi connectivity index (χ0v) is 18.3. The van der Waals surface area contributed by atoms with Gasteiger partial charge in [0.05, 0.1) is 28.6 Å². The fraction of sp³-hybridized carbons (Fsp3) is 0.333. The summed E-state index contributed by atoms with van der Waals surface area (Å²) < 4.78 is 1.63. The molecule has 0 amide bonds. The monoisotopic (exact) mass is 422 g/mol. The Kier molecular flexibility index (Phi) is 7.03. The van der Waals surface area contributed by atoms with Gasteiger partial charge in [0, 0.05) is 18.5 Å². The van der Waals surface area contributed by atoms with Crippen molar-refractivity contribution in [1.82, 2.24) is 25.4 Å². The number of para-hydroxylation sites is 1. The molecule has 2 aromatic heterocycles. The summed E-state index contributed by atoms with van der Waals surface area (Å²) in [5, 5.41) is 21.8. The SMILES string of the molecule is CN=C(NCCCc1nn(-c2ccccc2)c(N)c1C#N)NCc1sc(C)nc1C. The standard InChI is InChI=1S/C21H26N8S/c1-14-19(30-15(2)27-14)13-26-21(24-3)25-11-7-10-18-17(12-22)20(23)29(28-18)16-8-5-4-6-9-16/h4-6,8-9H,7,10-11,13,23H2,1-3H3,(H2,24,25,26). The zero-order valence-electron chi connectivity index (χ0n) is 17.4. The van der Waals surface area contributed by atoms with E-state index in [1.54, 1.807) is 23.1 Å². The van der Waals surface area contributed by atoms with E-state index in [1.807, 2.05) is 44.2 Å². The van der Waals surface area contributed by atoms with Crippen LogP contribution < -0.4 is 16.4 Å². The maximum absolute atomic E-state index is 9.51. The van der Waals surface area contributed by atoms with Gasteiger partial charge >= 0.3 is 0 Å². The van der Waals surface area contributed by atoms with Gasteiger partial charge in [-0.25, -0.2) is 9.67 Å². The second-order valence-corrected chi connectivity index (χ2v) is 8.05. The summed E-state index contributed by atoms with van der Waals surface area (Å²) in [7, 11) is 1.75. The highest BCUT2D eigenvalue weighted by atomic mass is 32.1. The molecule has 0 unspecified atom stereocenters. The minimum atomic E-state index is 0.374. The molecule has 0 saturated heterocycles. The maximum atomic E-state index is 9.51. The first-order valence-corrected chi connectivity index (χ1v) is 10.6. The first-order chi connectivity index (χ1) is 14.5. The van der Waals surface area contributed by atoms with E-state index in [9.17, 15) is 5.26 Å². The summed E-state index contributed by atoms with van der Waals surface area (Å²) in [5.74, 6) is 1.11. The minimum Gasteiger partial charge on any atom is -0.382 e. The van der Waals surface area contributed by atoms with E-state index in [0.29, 0.717) is 36.6 Å². The Balaban J connectivity index is 1.54. The summed E-state index contributed by atoms with van der Waals surface area (Å²) in [6, 6.07) is 11.8. The van der Waals surface area contributed by atoms with Crippen molar-refractivity contribution in [3.63, 3.8) is 0 Å². The Morgan fingerprint density at radius 1 is 1.27 bits per heavy atom. The lowest BCUT2D eigenvalue weighted by Gasteiger charge is -2.11. The number of thiazole rings is 1. The van der Waals surface area contributed by atoms with Crippen LogP contribution in [0.15, 0.2) is 35.3 Å². The first kappa shape index (κ1) is 21.3. The molecule has 1 aromatic carbocycles. The van der Waals surface area contributed by atoms with E-state index in [0.717, 1.165) is 28.8 Å². The van der Waals surface area contributed by atoms with Crippen molar-refractivity contribution < 1.29 is 0 Å². The number of nitrogen functional groups attached to an aromatic ring is 1. The number of anilines is 1. The summed E-state index contributed by atoms with van der Waals surface area (Å²) in [6.07, 6.45) is 1.43. The van der Waals surface area contributed by atoms with Crippen LogP contribution in [0.25, 0.3) is 5.69 Å². The van der Waals surface area contributed by atoms with Gasteiger partial charge in [0.2, 0.25) is 0 Å². The van der Waals surface area contributed by atoms with E-state index < -0.39 is 0 Å². The van der Waals surface area contributed by atoms with E-state index in [-0.39, 0.29) is 0 Å². The molecular weight excluding hydrogens is 396 g/mol. The number of hydrogen-bond donors (Lipinski definition) is 3. The van der Waals surface area contributed by atoms with Crippen LogP contribution in [-0.4, -0.2) is 34.3 Å². The average molecular weight is 423 g/mol. The number of benzene rings is 1. The lowest BCUT2D eigenvalue weighted by molar-refractivity contribution is 0.722. The Morgan fingerprint density at radius 3 is 2.67 bits per heavy atom. The molecule has 0 radical (unpaired) electrons. The van der Waals surface area contributed by atoms with Crippen molar-refractivity contribution in [3.05, 3.63) is 57.2 Å². The second-order valence-electron chi connectivity index (χ2n) is 6.76. The average Bonchev–Trinajstić information content (AvgIpc) is 3.25. The zero-order chi connectivity index (χ0) is 21.5. The molecule has 4 N–H and O–H groups in total. The molecular formula is C21H26N8S. The smallest absolute Gasteiger partial charge is 0.191 e. The molecule has 3 aromatic rings. The van der Waals surface area contributed by atoms with Crippen molar-refractivity contribution in [2.75, 3.05) is 19.3 Å². The maximum Gasteiger partial charge on any atom is 0.191 e. The van der Waals surface area contributed by atoms with Crippen LogP contribution in [0.3, 0.4) is 0 Å². The third kappa shape index (κ3) is 4.96. The molecule has 0 aliphatic rings. The Labute approximate surface area is 180 Å². The van der Waals surface area contributed by atoms with Crippen molar-refractivity contribution in [3.8, 4) is 11.8 Å². The number of aryl methyl sites for hydroxylation is 3. The van der Waals surface area contributed by atoms with Crippen LogP contribution in [0.1, 0.15) is 33.3 Å². The number of nitrogens with one attached hydrogen (secondary N) is 2. The molecule has 0 aliphatic heterocycles. The molecule has 0 atom stereocenters. The lowest BCUT2D eigenvalue weighted by Crippen LogP contribution is -2.37. The predicted molar refractivity (Wildman–Crippen MR) is 121 cm³/mol. The number of nitriles is 1. The second kappa shape index (κ2) is 9.89. The van der Waals surface area contributed by atoms with Gasteiger partial charge in [0.15, 0.2) is 5.96 Å². The molecule has 3 rings (SSSR count). The van der Waals surface area contributed by atoms with Gasteiger partial charge < -0.3 is 16.4 Å². The van der Waals surface area contributed by atoms with Crippen LogP contribution in [0.5, 0.6) is 0 Å². The molecule has 9 heteroatoms. The van der Waals surface area contributed by atoms with E-state index in [4.69, 9.17) is 5.73 Å². The molecule has 0 aliphatic carbocycles. The van der Waals surface area contributed by atoms with Crippen LogP contribution in [0.2, 0.25) is 0 Å². The molecule has 2 heterocycles. The van der Waals surface area contributed by atoms with Gasteiger partial charge in [-0.2, -0.15) is 10.4 Å². The third-order valence-corrected chi connectivity index (χ3v) is 5.70. The molecule has 0 spiro atoms. The summed E-state index contributed by atoms with van der Waals surface area (Å²) in [6.45, 7) is 5.41. The quantitative estimate of drug-likeness (QED) is 0.306. The Bertz CT molecular complexity index is 1060. The van der Waals surface area contributed by atoms with Crippen LogP contribution >= 0.6 is 11.3 Å². The molecule has 0 bridgehead atoms. The predicted octanol–water partition coefficient (Wildman–Crippen LogP) is 2.70. The summed E-state index contributed by atoms with van der Waals surface area (Å²) in [4.78, 5) is 9.91. The van der Waals surface area contributed by atoms with E-state index >= 15 is 0 Å².